The topological polar surface area (TPSA) is 56.3 Å². The summed E-state index contributed by atoms with van der Waals surface area (Å²) in [7, 11) is 0. The first-order valence-electron chi connectivity index (χ1n) is 5.50. The second-order valence-corrected chi connectivity index (χ2v) is 4.57. The highest BCUT2D eigenvalue weighted by atomic mass is 35.5. The fraction of sp³-hybridized carbons (Fsp3) is 0.231. The molecule has 5 heteroatoms. The molecular weight excluding hydrogens is 254 g/mol. The molecule has 0 radical (unpaired) electrons. The molecule has 1 atom stereocenters. The number of halogens is 1. The van der Waals surface area contributed by atoms with Crippen LogP contribution in [0.4, 0.5) is 5.69 Å². The number of non-ortho nitro benzene ring substituents is 1. The average Bonchev–Trinajstić information content (AvgIpc) is 2.76. The second kappa shape index (κ2) is 5.23. The summed E-state index contributed by atoms with van der Waals surface area (Å²) in [6.07, 6.45) is 0.576. The average molecular weight is 266 g/mol. The highest BCUT2D eigenvalue weighted by Gasteiger charge is 2.13. The first-order chi connectivity index (χ1) is 8.56. The van der Waals surface area contributed by atoms with E-state index in [9.17, 15) is 10.1 Å². The Labute approximate surface area is 109 Å². The number of hydrogen-bond acceptors (Lipinski definition) is 3. The van der Waals surface area contributed by atoms with Gasteiger partial charge in [0.1, 0.15) is 11.5 Å². The van der Waals surface area contributed by atoms with Crippen molar-refractivity contribution in [3.8, 4) is 0 Å². The van der Waals surface area contributed by atoms with Crippen LogP contribution in [-0.2, 0) is 6.42 Å². The number of rotatable bonds is 4. The van der Waals surface area contributed by atoms with Crippen molar-refractivity contribution in [3.63, 3.8) is 0 Å². The van der Waals surface area contributed by atoms with Crippen LogP contribution < -0.4 is 0 Å². The van der Waals surface area contributed by atoms with E-state index >= 15 is 0 Å². The molecule has 0 bridgehead atoms. The van der Waals surface area contributed by atoms with E-state index in [0.29, 0.717) is 12.2 Å². The Hall–Kier alpha value is -1.81. The zero-order valence-corrected chi connectivity index (χ0v) is 10.6. The number of nitro groups is 1. The van der Waals surface area contributed by atoms with Gasteiger partial charge < -0.3 is 4.42 Å². The van der Waals surface area contributed by atoms with Gasteiger partial charge in [-0.05, 0) is 31.0 Å². The van der Waals surface area contributed by atoms with Gasteiger partial charge in [-0.3, -0.25) is 10.1 Å². The summed E-state index contributed by atoms with van der Waals surface area (Å²) in [4.78, 5) is 10.1. The number of furan rings is 1. The largest absolute Gasteiger partial charge is 0.465 e. The molecule has 0 aliphatic heterocycles. The van der Waals surface area contributed by atoms with Gasteiger partial charge in [-0.15, -0.1) is 11.6 Å². The van der Waals surface area contributed by atoms with Crippen LogP contribution in [0.25, 0.3) is 0 Å². The number of benzene rings is 1. The lowest BCUT2D eigenvalue weighted by molar-refractivity contribution is -0.384. The van der Waals surface area contributed by atoms with Crippen molar-refractivity contribution in [3.05, 3.63) is 63.6 Å². The van der Waals surface area contributed by atoms with Gasteiger partial charge in [-0.2, -0.15) is 0 Å². The number of alkyl halides is 1. The van der Waals surface area contributed by atoms with Crippen LogP contribution in [0.5, 0.6) is 0 Å². The third-order valence-corrected chi connectivity index (χ3v) is 3.00. The van der Waals surface area contributed by atoms with Crippen molar-refractivity contribution in [2.24, 2.45) is 0 Å². The van der Waals surface area contributed by atoms with Gasteiger partial charge in [0.25, 0.3) is 5.69 Å². The number of aryl methyl sites for hydroxylation is 1. The summed E-state index contributed by atoms with van der Waals surface area (Å²) >= 11 is 6.23. The molecule has 1 aromatic carbocycles. The Bertz CT molecular complexity index is 548. The van der Waals surface area contributed by atoms with Crippen molar-refractivity contribution < 1.29 is 9.34 Å². The van der Waals surface area contributed by atoms with Gasteiger partial charge in [0.2, 0.25) is 0 Å². The van der Waals surface area contributed by atoms with E-state index in [2.05, 4.69) is 0 Å². The summed E-state index contributed by atoms with van der Waals surface area (Å²) in [5.74, 6) is 1.53. The lowest BCUT2D eigenvalue weighted by Crippen LogP contribution is -1.95. The van der Waals surface area contributed by atoms with E-state index in [-0.39, 0.29) is 11.1 Å². The first kappa shape index (κ1) is 12.6. The summed E-state index contributed by atoms with van der Waals surface area (Å²) in [6, 6.07) is 10.1. The van der Waals surface area contributed by atoms with Crippen molar-refractivity contribution >= 4 is 17.3 Å². The molecular formula is C13H12ClNO3. The van der Waals surface area contributed by atoms with Gasteiger partial charge in [0.05, 0.1) is 10.3 Å². The summed E-state index contributed by atoms with van der Waals surface area (Å²) < 4.78 is 5.44. The predicted octanol–water partition coefficient (Wildman–Crippen LogP) is 4.02. The minimum Gasteiger partial charge on any atom is -0.465 e. The maximum Gasteiger partial charge on any atom is 0.269 e. The number of nitrogens with zero attached hydrogens (tertiary/aromatic N) is 1. The van der Waals surface area contributed by atoms with Gasteiger partial charge in [0, 0.05) is 12.1 Å². The van der Waals surface area contributed by atoms with E-state index in [1.807, 2.05) is 19.1 Å². The number of nitro benzene ring substituents is 1. The molecule has 94 valence electrons. The fourth-order valence-corrected chi connectivity index (χ4v) is 1.98. The van der Waals surface area contributed by atoms with E-state index in [0.717, 1.165) is 11.3 Å². The van der Waals surface area contributed by atoms with Crippen LogP contribution >= 0.6 is 11.6 Å². The first-order valence-corrected chi connectivity index (χ1v) is 5.93. The molecule has 0 saturated heterocycles. The molecule has 0 aliphatic carbocycles. The Balaban J connectivity index is 2.07. The molecule has 0 saturated carbocycles. The summed E-state index contributed by atoms with van der Waals surface area (Å²) in [5, 5.41) is 10.3. The van der Waals surface area contributed by atoms with Gasteiger partial charge in [-0.1, -0.05) is 12.1 Å². The van der Waals surface area contributed by atoms with Crippen LogP contribution in [0.2, 0.25) is 0 Å². The van der Waals surface area contributed by atoms with Gasteiger partial charge >= 0.3 is 0 Å². The highest BCUT2D eigenvalue weighted by Crippen LogP contribution is 2.27. The van der Waals surface area contributed by atoms with Crippen molar-refractivity contribution in [2.45, 2.75) is 18.7 Å². The Morgan fingerprint density at radius 3 is 2.44 bits per heavy atom. The maximum atomic E-state index is 10.5. The maximum absolute atomic E-state index is 10.5. The van der Waals surface area contributed by atoms with Gasteiger partial charge in [0.15, 0.2) is 0 Å². The lowest BCUT2D eigenvalue weighted by atomic mass is 10.1. The predicted molar refractivity (Wildman–Crippen MR) is 68.8 cm³/mol. The Morgan fingerprint density at radius 1 is 1.28 bits per heavy atom. The second-order valence-electron chi connectivity index (χ2n) is 4.04. The van der Waals surface area contributed by atoms with Crippen molar-refractivity contribution in [1.82, 2.24) is 0 Å². The van der Waals surface area contributed by atoms with E-state index in [4.69, 9.17) is 16.0 Å². The monoisotopic (exact) mass is 265 g/mol. The smallest absolute Gasteiger partial charge is 0.269 e. The third kappa shape index (κ3) is 2.90. The zero-order valence-electron chi connectivity index (χ0n) is 9.80. The third-order valence-electron chi connectivity index (χ3n) is 2.63. The summed E-state index contributed by atoms with van der Waals surface area (Å²) in [6.45, 7) is 1.86. The summed E-state index contributed by atoms with van der Waals surface area (Å²) in [5.41, 5.74) is 1.02. The molecule has 0 fully saturated rings. The molecule has 2 rings (SSSR count). The zero-order chi connectivity index (χ0) is 13.1. The van der Waals surface area contributed by atoms with Crippen LogP contribution in [0, 0.1) is 17.0 Å². The van der Waals surface area contributed by atoms with Crippen LogP contribution in [0.1, 0.15) is 22.5 Å². The lowest BCUT2D eigenvalue weighted by Gasteiger charge is -2.06. The fourth-order valence-electron chi connectivity index (χ4n) is 1.68. The minimum atomic E-state index is -0.419. The van der Waals surface area contributed by atoms with Crippen LogP contribution in [0.3, 0.4) is 0 Å². The molecule has 0 aliphatic rings. The molecule has 1 unspecified atom stereocenters. The van der Waals surface area contributed by atoms with E-state index < -0.39 is 4.92 Å². The van der Waals surface area contributed by atoms with E-state index in [1.165, 1.54) is 12.1 Å². The van der Waals surface area contributed by atoms with Crippen LogP contribution in [-0.4, -0.2) is 4.92 Å². The molecule has 0 spiro atoms. The standard InChI is InChI=1S/C13H12ClNO3/c1-9-2-7-13(18-9)12(14)8-10-3-5-11(6-4-10)15(16)17/h2-7,12H,8H2,1H3. The molecule has 4 nitrogen and oxygen atoms in total. The van der Waals surface area contributed by atoms with Gasteiger partial charge in [-0.25, -0.2) is 0 Å². The molecule has 0 amide bonds. The number of hydrogen-bond donors (Lipinski definition) is 0. The minimum absolute atomic E-state index is 0.0821. The van der Waals surface area contributed by atoms with Crippen LogP contribution in [0.15, 0.2) is 40.8 Å². The van der Waals surface area contributed by atoms with Crippen molar-refractivity contribution in [1.29, 1.82) is 0 Å². The molecule has 18 heavy (non-hydrogen) atoms. The molecule has 0 N–H and O–H groups in total. The Morgan fingerprint density at radius 2 is 1.94 bits per heavy atom. The normalized spacial score (nSPS) is 12.3. The molecule has 1 heterocycles. The quantitative estimate of drug-likeness (QED) is 0.477. The Kier molecular flexibility index (Phi) is 3.67. The molecule has 1 aromatic heterocycles. The SMILES string of the molecule is Cc1ccc(C(Cl)Cc2ccc([N+](=O)[O-])cc2)o1. The molecule has 2 aromatic rings. The van der Waals surface area contributed by atoms with Crippen molar-refractivity contribution in [2.75, 3.05) is 0 Å². The highest BCUT2D eigenvalue weighted by molar-refractivity contribution is 6.20. The van der Waals surface area contributed by atoms with E-state index in [1.54, 1.807) is 12.1 Å².